The number of nitrogens with one attached hydrogen (secondary N) is 1. The molecule has 6 heteroatoms. The molecule has 1 aromatic carbocycles. The van der Waals surface area contributed by atoms with Crippen molar-refractivity contribution < 1.29 is 14.3 Å². The molecular formula is C11H12N2O3S. The number of likely N-dealkylation sites (N-methyl/N-ethyl adjacent to an activating group) is 1. The summed E-state index contributed by atoms with van der Waals surface area (Å²) in [5.41, 5.74) is 0.855. The summed E-state index contributed by atoms with van der Waals surface area (Å²) in [6.45, 7) is 0. The molecule has 0 radical (unpaired) electrons. The van der Waals surface area contributed by atoms with Gasteiger partial charge in [-0.1, -0.05) is 0 Å². The minimum absolute atomic E-state index is 0.279. The Morgan fingerprint density at radius 1 is 1.29 bits per heavy atom. The number of benzene rings is 1. The maximum atomic E-state index is 11.5. The maximum Gasteiger partial charge on any atom is 0.288 e. The van der Waals surface area contributed by atoms with Crippen LogP contribution in [0.2, 0.25) is 0 Å². The van der Waals surface area contributed by atoms with E-state index in [0.29, 0.717) is 0 Å². The molecule has 0 saturated carbocycles. The maximum absolute atomic E-state index is 11.5. The van der Waals surface area contributed by atoms with Crippen molar-refractivity contribution >= 4 is 28.6 Å². The molecule has 1 aromatic rings. The average molecular weight is 252 g/mol. The van der Waals surface area contributed by atoms with E-state index in [2.05, 4.69) is 5.32 Å². The number of anilines is 1. The Kier molecular flexibility index (Phi) is 3.23. The molecule has 0 spiro atoms. The van der Waals surface area contributed by atoms with Gasteiger partial charge in [-0.05, 0) is 36.0 Å². The lowest BCUT2D eigenvalue weighted by atomic mass is 10.3. The molecule has 1 aliphatic rings. The average Bonchev–Trinajstić information content (AvgIpc) is 2.68. The van der Waals surface area contributed by atoms with Gasteiger partial charge in [-0.15, -0.1) is 0 Å². The summed E-state index contributed by atoms with van der Waals surface area (Å²) < 4.78 is 5.06. The highest BCUT2D eigenvalue weighted by molar-refractivity contribution is 8.15. The van der Waals surface area contributed by atoms with E-state index in [9.17, 15) is 9.59 Å². The van der Waals surface area contributed by atoms with Crippen LogP contribution in [0.4, 0.5) is 10.5 Å². The number of methoxy groups -OCH3 is 1. The second-order valence-corrected chi connectivity index (χ2v) is 4.61. The molecule has 0 aromatic heterocycles. The lowest BCUT2D eigenvalue weighted by Gasteiger charge is -2.23. The molecule has 1 N–H and O–H groups in total. The van der Waals surface area contributed by atoms with Crippen LogP contribution in [0, 0.1) is 0 Å². The zero-order valence-electron chi connectivity index (χ0n) is 9.47. The van der Waals surface area contributed by atoms with Crippen molar-refractivity contribution in [2.45, 2.75) is 5.37 Å². The molecule has 2 rings (SSSR count). The lowest BCUT2D eigenvalue weighted by molar-refractivity contribution is -0.118. The van der Waals surface area contributed by atoms with Gasteiger partial charge in [0.15, 0.2) is 5.37 Å². The Bertz CT molecular complexity index is 447. The first-order valence-corrected chi connectivity index (χ1v) is 5.88. The largest absolute Gasteiger partial charge is 0.497 e. The third kappa shape index (κ3) is 2.36. The van der Waals surface area contributed by atoms with Crippen LogP contribution in [-0.4, -0.2) is 30.7 Å². The minimum Gasteiger partial charge on any atom is -0.497 e. The van der Waals surface area contributed by atoms with Crippen LogP contribution in [0.25, 0.3) is 0 Å². The number of ether oxygens (including phenoxy) is 1. The number of carbonyl (C=O) groups excluding carboxylic acids is 2. The van der Waals surface area contributed by atoms with E-state index in [-0.39, 0.29) is 11.1 Å². The molecule has 90 valence electrons. The lowest BCUT2D eigenvalue weighted by Crippen LogP contribution is -2.36. The fourth-order valence-electron chi connectivity index (χ4n) is 1.55. The Morgan fingerprint density at radius 3 is 2.41 bits per heavy atom. The van der Waals surface area contributed by atoms with Crippen molar-refractivity contribution in [3.63, 3.8) is 0 Å². The molecule has 1 fully saturated rings. The van der Waals surface area contributed by atoms with Gasteiger partial charge in [-0.3, -0.25) is 14.9 Å². The second-order valence-electron chi connectivity index (χ2n) is 3.56. The van der Waals surface area contributed by atoms with Crippen LogP contribution in [0.3, 0.4) is 0 Å². The van der Waals surface area contributed by atoms with Crippen LogP contribution in [0.5, 0.6) is 5.75 Å². The highest BCUT2D eigenvalue weighted by Crippen LogP contribution is 2.27. The molecule has 5 nitrogen and oxygen atoms in total. The zero-order valence-corrected chi connectivity index (χ0v) is 10.3. The quantitative estimate of drug-likeness (QED) is 0.882. The van der Waals surface area contributed by atoms with Crippen molar-refractivity contribution in [2.75, 3.05) is 19.1 Å². The van der Waals surface area contributed by atoms with Crippen LogP contribution >= 0.6 is 11.8 Å². The van der Waals surface area contributed by atoms with Gasteiger partial charge in [0, 0.05) is 12.7 Å². The number of nitrogens with zero attached hydrogens (tertiary/aromatic N) is 1. The number of rotatable bonds is 3. The van der Waals surface area contributed by atoms with E-state index < -0.39 is 5.37 Å². The third-order valence-corrected chi connectivity index (χ3v) is 3.57. The smallest absolute Gasteiger partial charge is 0.288 e. The van der Waals surface area contributed by atoms with E-state index in [1.807, 2.05) is 24.3 Å². The number of hydrogen-bond acceptors (Lipinski definition) is 5. The minimum atomic E-state index is -0.504. The normalized spacial score (nSPS) is 19.1. The summed E-state index contributed by atoms with van der Waals surface area (Å²) in [5.74, 6) is 0.472. The predicted molar refractivity (Wildman–Crippen MR) is 66.3 cm³/mol. The van der Waals surface area contributed by atoms with Gasteiger partial charge >= 0.3 is 0 Å². The van der Waals surface area contributed by atoms with Crippen molar-refractivity contribution in [3.8, 4) is 5.75 Å². The monoisotopic (exact) mass is 252 g/mol. The number of imide groups is 1. The molecule has 2 amide bonds. The van der Waals surface area contributed by atoms with Crippen molar-refractivity contribution in [1.82, 2.24) is 5.32 Å². The second kappa shape index (κ2) is 4.67. The number of hydrogen-bond donors (Lipinski definition) is 1. The molecule has 0 bridgehead atoms. The van der Waals surface area contributed by atoms with E-state index >= 15 is 0 Å². The van der Waals surface area contributed by atoms with Crippen LogP contribution in [0.15, 0.2) is 24.3 Å². The van der Waals surface area contributed by atoms with Crippen molar-refractivity contribution in [1.29, 1.82) is 0 Å². The van der Waals surface area contributed by atoms with Gasteiger partial charge in [0.05, 0.1) is 7.11 Å². The van der Waals surface area contributed by atoms with E-state index in [1.54, 1.807) is 19.1 Å². The van der Waals surface area contributed by atoms with Gasteiger partial charge in [-0.25, -0.2) is 0 Å². The fourth-order valence-corrected chi connectivity index (χ4v) is 2.36. The Labute approximate surface area is 103 Å². The summed E-state index contributed by atoms with van der Waals surface area (Å²) >= 11 is 0.982. The standard InChI is InChI=1S/C11H12N2O3S/c1-13(10-9(14)12-11(15)17-10)7-3-5-8(16-2)6-4-7/h3-6,10H,1-2H3,(H,12,14,15). The summed E-state index contributed by atoms with van der Waals surface area (Å²) in [7, 11) is 3.37. The molecule has 1 unspecified atom stereocenters. The highest BCUT2D eigenvalue weighted by Gasteiger charge is 2.34. The Balaban J connectivity index is 2.16. The highest BCUT2D eigenvalue weighted by atomic mass is 32.2. The predicted octanol–water partition coefficient (Wildman–Crippen LogP) is 1.44. The molecule has 1 atom stereocenters. The first-order chi connectivity index (χ1) is 8.11. The molecule has 1 saturated heterocycles. The van der Waals surface area contributed by atoms with E-state index in [1.165, 1.54) is 0 Å². The van der Waals surface area contributed by atoms with Gasteiger partial charge in [0.1, 0.15) is 5.75 Å². The first kappa shape index (κ1) is 11.8. The van der Waals surface area contributed by atoms with E-state index in [0.717, 1.165) is 23.2 Å². The first-order valence-electron chi connectivity index (χ1n) is 5.00. The SMILES string of the molecule is COc1ccc(N(C)C2SC(=O)NC2=O)cc1. The summed E-state index contributed by atoms with van der Waals surface area (Å²) in [5, 5.41) is 1.45. The molecule has 0 aliphatic carbocycles. The summed E-state index contributed by atoms with van der Waals surface area (Å²) in [6.07, 6.45) is 0. The van der Waals surface area contributed by atoms with Crippen LogP contribution in [0.1, 0.15) is 0 Å². The number of amides is 2. The molecule has 1 aliphatic heterocycles. The Morgan fingerprint density at radius 2 is 1.94 bits per heavy atom. The van der Waals surface area contributed by atoms with Gasteiger partial charge in [-0.2, -0.15) is 0 Å². The van der Waals surface area contributed by atoms with Gasteiger partial charge in [0.2, 0.25) is 0 Å². The van der Waals surface area contributed by atoms with Crippen molar-refractivity contribution in [2.24, 2.45) is 0 Å². The zero-order chi connectivity index (χ0) is 12.4. The fraction of sp³-hybridized carbons (Fsp3) is 0.273. The number of thioether (sulfide) groups is 1. The number of carbonyl (C=O) groups is 2. The third-order valence-electron chi connectivity index (χ3n) is 2.50. The molecule has 1 heterocycles. The van der Waals surface area contributed by atoms with Crippen LogP contribution < -0.4 is 15.0 Å². The molecular weight excluding hydrogens is 240 g/mol. The van der Waals surface area contributed by atoms with E-state index in [4.69, 9.17) is 4.74 Å². The van der Waals surface area contributed by atoms with Gasteiger partial charge < -0.3 is 9.64 Å². The summed E-state index contributed by atoms with van der Waals surface area (Å²) in [4.78, 5) is 24.3. The van der Waals surface area contributed by atoms with Gasteiger partial charge in [0.25, 0.3) is 11.1 Å². The van der Waals surface area contributed by atoms with Crippen LogP contribution in [-0.2, 0) is 4.79 Å². The summed E-state index contributed by atoms with van der Waals surface area (Å²) in [6, 6.07) is 7.31. The Hall–Kier alpha value is -1.69. The molecule has 17 heavy (non-hydrogen) atoms. The topological polar surface area (TPSA) is 58.6 Å². The van der Waals surface area contributed by atoms with Crippen molar-refractivity contribution in [3.05, 3.63) is 24.3 Å².